The second-order valence-corrected chi connectivity index (χ2v) is 9.64. The predicted molar refractivity (Wildman–Crippen MR) is 144 cm³/mol. The Bertz CT molecular complexity index is 1220. The Morgan fingerprint density at radius 2 is 1.94 bits per heavy atom. The average molecular weight is 499 g/mol. The number of hydrogen-bond acceptors (Lipinski definition) is 4. The first kappa shape index (κ1) is 24.7. The van der Waals surface area contributed by atoms with E-state index in [1.54, 1.807) is 0 Å². The van der Waals surface area contributed by atoms with Gasteiger partial charge < -0.3 is 19.9 Å². The second-order valence-electron chi connectivity index (χ2n) is 8.82. The van der Waals surface area contributed by atoms with Gasteiger partial charge in [0, 0.05) is 48.0 Å². The van der Waals surface area contributed by atoms with Gasteiger partial charge in [0.05, 0.1) is 19.8 Å². The minimum atomic E-state index is -0.0838. The summed E-state index contributed by atoms with van der Waals surface area (Å²) in [5.41, 5.74) is 4.65. The minimum absolute atomic E-state index is 0.0838. The van der Waals surface area contributed by atoms with E-state index in [0.29, 0.717) is 22.2 Å². The van der Waals surface area contributed by atoms with Crippen LogP contribution in [0.5, 0.6) is 0 Å². The van der Waals surface area contributed by atoms with Crippen molar-refractivity contribution in [3.05, 3.63) is 74.5 Å². The molecule has 0 bridgehead atoms. The molecule has 1 aromatic heterocycles. The number of nitrogens with zero attached hydrogens (tertiary/aromatic N) is 2. The number of aryl methyl sites for hydroxylation is 2. The molecule has 1 aliphatic heterocycles. The van der Waals surface area contributed by atoms with Gasteiger partial charge in [-0.1, -0.05) is 17.7 Å². The van der Waals surface area contributed by atoms with Crippen LogP contribution in [0, 0.1) is 13.8 Å². The van der Waals surface area contributed by atoms with Crippen LogP contribution in [0.4, 0.5) is 5.69 Å². The first-order valence-electron chi connectivity index (χ1n) is 11.6. The number of nitrogens with one attached hydrogen (secondary N) is 2. The number of anilines is 1. The number of H-pyrrole nitrogens is 1. The number of thiocarbonyl (C=S) groups is 1. The molecule has 0 atom stereocenters. The number of aromatic amines is 1. The molecule has 0 radical (unpaired) electrons. The topological polar surface area (TPSA) is 60.6 Å². The van der Waals surface area contributed by atoms with Crippen LogP contribution in [-0.4, -0.2) is 59.3 Å². The zero-order valence-corrected chi connectivity index (χ0v) is 21.3. The Kier molecular flexibility index (Phi) is 8.21. The number of hydrogen-bond donors (Lipinski definition) is 2. The summed E-state index contributed by atoms with van der Waals surface area (Å²) in [4.78, 5) is 20.4. The maximum absolute atomic E-state index is 12.9. The molecule has 1 aliphatic rings. The predicted octanol–water partition coefficient (Wildman–Crippen LogP) is 4.72. The highest BCUT2D eigenvalue weighted by Gasteiger charge is 2.16. The normalized spacial score (nSPS) is 14.3. The fraction of sp³-hybridized carbons (Fsp3) is 0.385. The summed E-state index contributed by atoms with van der Waals surface area (Å²) in [6, 6.07) is 13.6. The van der Waals surface area contributed by atoms with Crippen molar-refractivity contribution in [3.8, 4) is 0 Å². The van der Waals surface area contributed by atoms with E-state index in [-0.39, 0.29) is 5.56 Å². The maximum Gasteiger partial charge on any atom is 0.253 e. The van der Waals surface area contributed by atoms with Crippen molar-refractivity contribution in [1.29, 1.82) is 0 Å². The summed E-state index contributed by atoms with van der Waals surface area (Å²) in [5.74, 6) is 0. The molecule has 34 heavy (non-hydrogen) atoms. The standard InChI is InChI=1S/C26H31ClN4O2S/c1-18-13-20-15-21(25(32)29-24(20)14-19(18)2)17-31(8-4-7-30-9-11-33-12-10-30)26(34)28-23-6-3-5-22(27)16-23/h3,5-6,13-16H,4,7-12,17H2,1-2H3,(H,28,34)(H,29,32). The van der Waals surface area contributed by atoms with Crippen molar-refractivity contribution >= 4 is 45.5 Å². The number of rotatable bonds is 7. The number of morpholine rings is 1. The van der Waals surface area contributed by atoms with Gasteiger partial charge in [0.25, 0.3) is 5.56 Å². The molecule has 0 amide bonds. The summed E-state index contributed by atoms with van der Waals surface area (Å²) in [7, 11) is 0. The van der Waals surface area contributed by atoms with Gasteiger partial charge in [-0.05, 0) is 85.4 Å². The summed E-state index contributed by atoms with van der Waals surface area (Å²) in [6.07, 6.45) is 0.932. The molecule has 0 saturated carbocycles. The summed E-state index contributed by atoms with van der Waals surface area (Å²) < 4.78 is 5.45. The lowest BCUT2D eigenvalue weighted by Gasteiger charge is -2.29. The molecule has 8 heteroatoms. The van der Waals surface area contributed by atoms with Gasteiger partial charge in [-0.2, -0.15) is 0 Å². The Morgan fingerprint density at radius 3 is 2.71 bits per heavy atom. The van der Waals surface area contributed by atoms with Gasteiger partial charge >= 0.3 is 0 Å². The van der Waals surface area contributed by atoms with Crippen molar-refractivity contribution in [2.45, 2.75) is 26.8 Å². The molecule has 2 heterocycles. The molecule has 180 valence electrons. The second kappa shape index (κ2) is 11.3. The van der Waals surface area contributed by atoms with E-state index in [2.05, 4.69) is 40.0 Å². The van der Waals surface area contributed by atoms with Crippen molar-refractivity contribution < 1.29 is 4.74 Å². The average Bonchev–Trinajstić information content (AvgIpc) is 2.81. The first-order valence-corrected chi connectivity index (χ1v) is 12.4. The molecule has 2 aromatic carbocycles. The van der Waals surface area contributed by atoms with Crippen molar-refractivity contribution in [3.63, 3.8) is 0 Å². The van der Waals surface area contributed by atoms with Crippen LogP contribution in [0.3, 0.4) is 0 Å². The van der Waals surface area contributed by atoms with Crippen LogP contribution < -0.4 is 10.9 Å². The molecule has 4 rings (SSSR count). The summed E-state index contributed by atoms with van der Waals surface area (Å²) >= 11 is 11.9. The van der Waals surface area contributed by atoms with E-state index < -0.39 is 0 Å². The quantitative estimate of drug-likeness (QED) is 0.460. The third kappa shape index (κ3) is 6.36. The fourth-order valence-electron chi connectivity index (χ4n) is 4.18. The molecule has 1 fully saturated rings. The number of halogens is 1. The number of ether oxygens (including phenoxy) is 1. The maximum atomic E-state index is 12.9. The van der Waals surface area contributed by atoms with Crippen molar-refractivity contribution in [2.75, 3.05) is 44.7 Å². The molecule has 0 unspecified atom stereocenters. The monoisotopic (exact) mass is 498 g/mol. The Balaban J connectivity index is 1.53. The van der Waals surface area contributed by atoms with Crippen molar-refractivity contribution in [1.82, 2.24) is 14.8 Å². The number of aromatic nitrogens is 1. The third-order valence-electron chi connectivity index (χ3n) is 6.27. The van der Waals surface area contributed by atoms with Gasteiger partial charge in [-0.15, -0.1) is 0 Å². The number of fused-ring (bicyclic) bond motifs is 1. The molecule has 2 N–H and O–H groups in total. The molecule has 6 nitrogen and oxygen atoms in total. The van der Waals surface area contributed by atoms with Gasteiger partial charge in [0.15, 0.2) is 5.11 Å². The lowest BCUT2D eigenvalue weighted by atomic mass is 10.0. The molecule has 1 saturated heterocycles. The Hall–Kier alpha value is -2.45. The highest BCUT2D eigenvalue weighted by Crippen LogP contribution is 2.19. The molecular formula is C26H31ClN4O2S. The van der Waals surface area contributed by atoms with Gasteiger partial charge in [-0.25, -0.2) is 0 Å². The molecular weight excluding hydrogens is 468 g/mol. The van der Waals surface area contributed by atoms with Crippen LogP contribution in [0.15, 0.2) is 47.3 Å². The lowest BCUT2D eigenvalue weighted by Crippen LogP contribution is -2.40. The van der Waals surface area contributed by atoms with E-state index in [9.17, 15) is 4.79 Å². The fourth-order valence-corrected chi connectivity index (χ4v) is 4.64. The van der Waals surface area contributed by atoms with Gasteiger partial charge in [0.1, 0.15) is 0 Å². The van der Waals surface area contributed by atoms with E-state index >= 15 is 0 Å². The number of pyridine rings is 1. The van der Waals surface area contributed by atoms with E-state index in [1.165, 1.54) is 5.56 Å². The highest BCUT2D eigenvalue weighted by atomic mass is 35.5. The minimum Gasteiger partial charge on any atom is -0.379 e. The smallest absolute Gasteiger partial charge is 0.253 e. The van der Waals surface area contributed by atoms with Crippen LogP contribution in [-0.2, 0) is 11.3 Å². The van der Waals surface area contributed by atoms with Crippen LogP contribution in [0.25, 0.3) is 10.9 Å². The largest absolute Gasteiger partial charge is 0.379 e. The van der Waals surface area contributed by atoms with Gasteiger partial charge in [-0.3, -0.25) is 9.69 Å². The van der Waals surface area contributed by atoms with E-state index in [1.807, 2.05) is 36.4 Å². The van der Waals surface area contributed by atoms with Gasteiger partial charge in [0.2, 0.25) is 0 Å². The Labute approximate surface area is 210 Å². The third-order valence-corrected chi connectivity index (χ3v) is 6.86. The molecule has 0 aliphatic carbocycles. The van der Waals surface area contributed by atoms with Crippen LogP contribution in [0.2, 0.25) is 5.02 Å². The SMILES string of the molecule is Cc1cc2cc(CN(CCCN3CCOCC3)C(=S)Nc3cccc(Cl)c3)c(=O)[nH]c2cc1C. The first-order chi connectivity index (χ1) is 16.4. The van der Waals surface area contributed by atoms with Crippen molar-refractivity contribution in [2.24, 2.45) is 0 Å². The molecule has 3 aromatic rings. The van der Waals surface area contributed by atoms with Crippen LogP contribution >= 0.6 is 23.8 Å². The number of benzene rings is 2. The summed E-state index contributed by atoms with van der Waals surface area (Å²) in [5, 5.41) is 5.53. The van der Waals surface area contributed by atoms with Crippen LogP contribution in [0.1, 0.15) is 23.1 Å². The van der Waals surface area contributed by atoms with E-state index in [0.717, 1.165) is 68.0 Å². The molecule has 0 spiro atoms. The Morgan fingerprint density at radius 1 is 1.18 bits per heavy atom. The zero-order valence-electron chi connectivity index (χ0n) is 19.7. The summed E-state index contributed by atoms with van der Waals surface area (Å²) in [6.45, 7) is 9.73. The lowest BCUT2D eigenvalue weighted by molar-refractivity contribution is 0.0367. The van der Waals surface area contributed by atoms with E-state index in [4.69, 9.17) is 28.6 Å². The zero-order chi connectivity index (χ0) is 24.1. The highest BCUT2D eigenvalue weighted by molar-refractivity contribution is 7.80.